The standard InChI is InChI=1S/C9H16F3NO2/c10-9(11,12)8(15)5-13-3-1-2-7(4-13)6-14/h7-8,14-15H,1-6H2. The number of rotatable bonds is 3. The highest BCUT2D eigenvalue weighted by Gasteiger charge is 2.39. The number of piperidine rings is 1. The number of halogens is 3. The zero-order valence-electron chi connectivity index (χ0n) is 8.37. The van der Waals surface area contributed by atoms with Crippen LogP contribution in [0, 0.1) is 5.92 Å². The van der Waals surface area contributed by atoms with Gasteiger partial charge < -0.3 is 15.1 Å². The van der Waals surface area contributed by atoms with Crippen molar-refractivity contribution in [1.29, 1.82) is 0 Å². The fraction of sp³-hybridized carbons (Fsp3) is 1.00. The van der Waals surface area contributed by atoms with E-state index in [0.29, 0.717) is 13.1 Å². The number of hydrogen-bond acceptors (Lipinski definition) is 3. The first-order chi connectivity index (χ1) is 6.93. The third kappa shape index (κ3) is 3.96. The lowest BCUT2D eigenvalue weighted by atomic mass is 9.99. The van der Waals surface area contributed by atoms with Crippen molar-refractivity contribution in [3.05, 3.63) is 0 Å². The average molecular weight is 227 g/mol. The molecule has 1 rings (SSSR count). The van der Waals surface area contributed by atoms with Gasteiger partial charge in [0.05, 0.1) is 0 Å². The molecule has 0 aromatic carbocycles. The van der Waals surface area contributed by atoms with Gasteiger partial charge in [-0.3, -0.25) is 0 Å². The van der Waals surface area contributed by atoms with Crippen LogP contribution in [0.5, 0.6) is 0 Å². The summed E-state index contributed by atoms with van der Waals surface area (Å²) < 4.78 is 36.2. The average Bonchev–Trinajstić information content (AvgIpc) is 2.16. The summed E-state index contributed by atoms with van der Waals surface area (Å²) >= 11 is 0. The number of β-amino-alcohol motifs (C(OH)–C–C–N with tert-alkyl or cyclic N) is 1. The van der Waals surface area contributed by atoms with Gasteiger partial charge in [-0.1, -0.05) is 0 Å². The zero-order chi connectivity index (χ0) is 11.5. The molecule has 90 valence electrons. The Morgan fingerprint density at radius 3 is 2.60 bits per heavy atom. The van der Waals surface area contributed by atoms with Crippen LogP contribution < -0.4 is 0 Å². The molecule has 0 amide bonds. The summed E-state index contributed by atoms with van der Waals surface area (Å²) in [7, 11) is 0. The molecule has 1 aliphatic rings. The molecule has 6 heteroatoms. The van der Waals surface area contributed by atoms with Crippen molar-refractivity contribution in [2.45, 2.75) is 25.1 Å². The van der Waals surface area contributed by atoms with E-state index in [1.54, 1.807) is 4.90 Å². The van der Waals surface area contributed by atoms with Gasteiger partial charge in [-0.2, -0.15) is 13.2 Å². The van der Waals surface area contributed by atoms with Crippen LogP contribution in [-0.4, -0.2) is 53.6 Å². The van der Waals surface area contributed by atoms with Crippen LogP contribution in [0.3, 0.4) is 0 Å². The second kappa shape index (κ2) is 5.14. The van der Waals surface area contributed by atoms with Gasteiger partial charge in [0.25, 0.3) is 0 Å². The van der Waals surface area contributed by atoms with Gasteiger partial charge in [0, 0.05) is 19.7 Å². The molecule has 0 saturated carbocycles. The van der Waals surface area contributed by atoms with Crippen LogP contribution in [0.4, 0.5) is 13.2 Å². The van der Waals surface area contributed by atoms with E-state index in [9.17, 15) is 13.2 Å². The summed E-state index contributed by atoms with van der Waals surface area (Å²) in [6.07, 6.45) is -5.22. The van der Waals surface area contributed by atoms with Gasteiger partial charge in [0.1, 0.15) is 0 Å². The Balaban J connectivity index is 2.38. The quantitative estimate of drug-likeness (QED) is 0.742. The van der Waals surface area contributed by atoms with Crippen molar-refractivity contribution >= 4 is 0 Å². The molecule has 0 aromatic rings. The molecule has 3 nitrogen and oxygen atoms in total. The van der Waals surface area contributed by atoms with Crippen LogP contribution in [0.2, 0.25) is 0 Å². The molecule has 0 bridgehead atoms. The number of likely N-dealkylation sites (tertiary alicyclic amines) is 1. The lowest BCUT2D eigenvalue weighted by molar-refractivity contribution is -0.209. The number of nitrogens with zero attached hydrogens (tertiary/aromatic N) is 1. The molecular weight excluding hydrogens is 211 g/mol. The van der Waals surface area contributed by atoms with Gasteiger partial charge in [-0.05, 0) is 25.3 Å². The molecule has 2 unspecified atom stereocenters. The minimum absolute atomic E-state index is 0.00138. The Bertz CT molecular complexity index is 198. The molecule has 1 saturated heterocycles. The zero-order valence-corrected chi connectivity index (χ0v) is 8.37. The van der Waals surface area contributed by atoms with E-state index >= 15 is 0 Å². The first-order valence-electron chi connectivity index (χ1n) is 5.01. The molecule has 2 N–H and O–H groups in total. The van der Waals surface area contributed by atoms with Crippen LogP contribution in [0.1, 0.15) is 12.8 Å². The summed E-state index contributed by atoms with van der Waals surface area (Å²) in [5.41, 5.74) is 0. The van der Waals surface area contributed by atoms with Crippen LogP contribution in [0.15, 0.2) is 0 Å². The monoisotopic (exact) mass is 227 g/mol. The minimum Gasteiger partial charge on any atom is -0.396 e. The fourth-order valence-corrected chi connectivity index (χ4v) is 1.81. The summed E-state index contributed by atoms with van der Waals surface area (Å²) in [6, 6.07) is 0. The highest BCUT2D eigenvalue weighted by Crippen LogP contribution is 2.23. The van der Waals surface area contributed by atoms with E-state index in [1.165, 1.54) is 0 Å². The van der Waals surface area contributed by atoms with Crippen molar-refractivity contribution in [2.24, 2.45) is 5.92 Å². The number of hydrogen-bond donors (Lipinski definition) is 2. The third-order valence-corrected chi connectivity index (χ3v) is 2.67. The van der Waals surface area contributed by atoms with E-state index in [-0.39, 0.29) is 19.1 Å². The molecule has 0 spiro atoms. The predicted octanol–water partition coefficient (Wildman–Crippen LogP) is 0.614. The molecule has 15 heavy (non-hydrogen) atoms. The second-order valence-electron chi connectivity index (χ2n) is 4.01. The highest BCUT2D eigenvalue weighted by atomic mass is 19.4. The van der Waals surface area contributed by atoms with Crippen molar-refractivity contribution in [2.75, 3.05) is 26.2 Å². The molecule has 2 atom stereocenters. The molecular formula is C9H16F3NO2. The molecule has 0 aliphatic carbocycles. The lowest BCUT2D eigenvalue weighted by Gasteiger charge is -2.33. The van der Waals surface area contributed by atoms with Crippen LogP contribution >= 0.6 is 0 Å². The topological polar surface area (TPSA) is 43.7 Å². The summed E-state index contributed by atoms with van der Waals surface area (Å²) in [5, 5.41) is 17.8. The number of aliphatic hydroxyl groups is 2. The van der Waals surface area contributed by atoms with Crippen molar-refractivity contribution in [3.63, 3.8) is 0 Å². The lowest BCUT2D eigenvalue weighted by Crippen LogP contribution is -2.45. The second-order valence-corrected chi connectivity index (χ2v) is 4.01. The number of alkyl halides is 3. The Labute approximate surface area is 86.5 Å². The molecule has 1 heterocycles. The van der Waals surface area contributed by atoms with Gasteiger partial charge in [-0.15, -0.1) is 0 Å². The predicted molar refractivity (Wildman–Crippen MR) is 48.3 cm³/mol. The van der Waals surface area contributed by atoms with E-state index in [2.05, 4.69) is 0 Å². The molecule has 0 aromatic heterocycles. The smallest absolute Gasteiger partial charge is 0.396 e. The van der Waals surface area contributed by atoms with Gasteiger partial charge >= 0.3 is 6.18 Å². The third-order valence-electron chi connectivity index (χ3n) is 2.67. The Hall–Kier alpha value is -0.330. The van der Waals surface area contributed by atoms with Crippen molar-refractivity contribution in [1.82, 2.24) is 4.90 Å². The van der Waals surface area contributed by atoms with Gasteiger partial charge in [0.2, 0.25) is 0 Å². The Morgan fingerprint density at radius 1 is 1.40 bits per heavy atom. The Morgan fingerprint density at radius 2 is 2.07 bits per heavy atom. The van der Waals surface area contributed by atoms with E-state index < -0.39 is 12.3 Å². The molecule has 0 radical (unpaired) electrons. The maximum Gasteiger partial charge on any atom is 0.415 e. The van der Waals surface area contributed by atoms with Crippen LogP contribution in [-0.2, 0) is 0 Å². The van der Waals surface area contributed by atoms with E-state index in [4.69, 9.17) is 10.2 Å². The van der Waals surface area contributed by atoms with Crippen molar-refractivity contribution in [3.8, 4) is 0 Å². The Kier molecular flexibility index (Phi) is 4.36. The van der Waals surface area contributed by atoms with Crippen molar-refractivity contribution < 1.29 is 23.4 Å². The van der Waals surface area contributed by atoms with E-state index in [0.717, 1.165) is 12.8 Å². The maximum absolute atomic E-state index is 12.1. The van der Waals surface area contributed by atoms with Gasteiger partial charge in [-0.25, -0.2) is 0 Å². The molecule has 1 aliphatic heterocycles. The summed E-state index contributed by atoms with van der Waals surface area (Å²) in [6.45, 7) is 0.603. The highest BCUT2D eigenvalue weighted by molar-refractivity contribution is 4.77. The van der Waals surface area contributed by atoms with Crippen LogP contribution in [0.25, 0.3) is 0 Å². The summed E-state index contributed by atoms with van der Waals surface area (Å²) in [4.78, 5) is 1.56. The van der Waals surface area contributed by atoms with Gasteiger partial charge in [0.15, 0.2) is 6.10 Å². The first kappa shape index (κ1) is 12.7. The first-order valence-corrected chi connectivity index (χ1v) is 5.01. The normalized spacial score (nSPS) is 26.6. The maximum atomic E-state index is 12.1. The molecule has 1 fully saturated rings. The number of aliphatic hydroxyl groups excluding tert-OH is 2. The fourth-order valence-electron chi connectivity index (χ4n) is 1.81. The largest absolute Gasteiger partial charge is 0.415 e. The SMILES string of the molecule is OCC1CCCN(CC(O)C(F)(F)F)C1. The summed E-state index contributed by atoms with van der Waals surface area (Å²) in [5.74, 6) is 0.0409. The minimum atomic E-state index is -4.55. The van der Waals surface area contributed by atoms with E-state index in [1.807, 2.05) is 0 Å².